The number of thioether (sulfide) groups is 1. The van der Waals surface area contributed by atoms with E-state index in [0.29, 0.717) is 21.6 Å². The topological polar surface area (TPSA) is 61.8 Å². The first kappa shape index (κ1) is 25.7. The second-order valence-corrected chi connectivity index (χ2v) is 10.3. The van der Waals surface area contributed by atoms with Gasteiger partial charge < -0.3 is 5.32 Å². The van der Waals surface area contributed by atoms with Crippen LogP contribution in [-0.2, 0) is 9.59 Å². The zero-order chi connectivity index (χ0) is 26.5. The van der Waals surface area contributed by atoms with Gasteiger partial charge in [-0.15, -0.1) is 0 Å². The molecule has 2 amide bonds. The van der Waals surface area contributed by atoms with Crippen molar-refractivity contribution >= 4 is 51.7 Å². The third-order valence-corrected chi connectivity index (χ3v) is 7.44. The van der Waals surface area contributed by atoms with Crippen LogP contribution in [0, 0.1) is 5.82 Å². The van der Waals surface area contributed by atoms with Gasteiger partial charge in [-0.2, -0.15) is 0 Å². The van der Waals surface area contributed by atoms with E-state index in [2.05, 4.69) is 5.32 Å². The maximum absolute atomic E-state index is 13.8. The van der Waals surface area contributed by atoms with E-state index in [1.165, 1.54) is 36.0 Å². The van der Waals surface area contributed by atoms with Crippen molar-refractivity contribution in [2.45, 2.75) is 17.7 Å². The highest BCUT2D eigenvalue weighted by Crippen LogP contribution is 2.38. The monoisotopic (exact) mass is 543 g/mol. The summed E-state index contributed by atoms with van der Waals surface area (Å²) in [6, 6.07) is 31.5. The molecule has 190 valence electrons. The van der Waals surface area contributed by atoms with E-state index in [1.807, 2.05) is 60.7 Å². The van der Waals surface area contributed by atoms with Crippen molar-refractivity contribution in [2.75, 3.05) is 5.32 Å². The molecule has 0 unspecified atom stereocenters. The Labute approximate surface area is 229 Å². The van der Waals surface area contributed by atoms with Gasteiger partial charge >= 0.3 is 0 Å². The van der Waals surface area contributed by atoms with E-state index in [-0.39, 0.29) is 18.2 Å². The first-order valence-electron chi connectivity index (χ1n) is 12.0. The fourth-order valence-corrected chi connectivity index (χ4v) is 5.46. The van der Waals surface area contributed by atoms with Gasteiger partial charge in [-0.1, -0.05) is 84.0 Å². The summed E-state index contributed by atoms with van der Waals surface area (Å²) in [5.41, 5.74) is 2.90. The van der Waals surface area contributed by atoms with Crippen molar-refractivity contribution in [1.29, 1.82) is 0 Å². The van der Waals surface area contributed by atoms with Crippen LogP contribution in [0.25, 0.3) is 0 Å². The van der Waals surface area contributed by atoms with Gasteiger partial charge in [0.1, 0.15) is 11.1 Å². The number of carbonyl (C=O) groups is 2. The van der Waals surface area contributed by atoms with Crippen LogP contribution in [0.15, 0.2) is 114 Å². The standard InChI is InChI=1S/C30H23ClFN3O2S/c31-22-11-15-25(16-12-22)34-30-35(28(20-7-3-1-4-8-20)21-9-5-2-6-10-21)27(36)19-26(38-30)29(37)33-24-17-13-23(32)14-18-24/h1-18,26,28H,19H2,(H,33,37)/t26-/m1/s1. The number of amidine groups is 1. The van der Waals surface area contributed by atoms with Crippen LogP contribution in [0.4, 0.5) is 15.8 Å². The summed E-state index contributed by atoms with van der Waals surface area (Å²) in [6.45, 7) is 0. The predicted molar refractivity (Wildman–Crippen MR) is 151 cm³/mol. The third-order valence-electron chi connectivity index (χ3n) is 6.03. The number of aliphatic imine (C=N–C) groups is 1. The maximum Gasteiger partial charge on any atom is 0.238 e. The summed E-state index contributed by atoms with van der Waals surface area (Å²) in [7, 11) is 0. The molecule has 0 saturated carbocycles. The van der Waals surface area contributed by atoms with Crippen LogP contribution in [0.2, 0.25) is 5.02 Å². The van der Waals surface area contributed by atoms with Gasteiger partial charge in [0.25, 0.3) is 0 Å². The van der Waals surface area contributed by atoms with Crippen LogP contribution in [-0.4, -0.2) is 27.1 Å². The van der Waals surface area contributed by atoms with Crippen LogP contribution >= 0.6 is 23.4 Å². The summed E-state index contributed by atoms with van der Waals surface area (Å²) in [5.74, 6) is -0.978. The highest BCUT2D eigenvalue weighted by molar-refractivity contribution is 8.15. The lowest BCUT2D eigenvalue weighted by Gasteiger charge is -2.38. The molecule has 1 N–H and O–H groups in total. The van der Waals surface area contributed by atoms with Gasteiger partial charge in [0.2, 0.25) is 11.8 Å². The molecule has 4 aromatic rings. The molecular formula is C30H23ClFN3O2S. The molecule has 8 heteroatoms. The molecule has 5 nitrogen and oxygen atoms in total. The lowest BCUT2D eigenvalue weighted by atomic mass is 9.97. The second kappa shape index (κ2) is 11.6. The van der Waals surface area contributed by atoms with E-state index in [4.69, 9.17) is 16.6 Å². The number of hydrogen-bond acceptors (Lipinski definition) is 4. The molecule has 1 aliphatic rings. The molecule has 0 spiro atoms. The molecule has 1 aliphatic heterocycles. The summed E-state index contributed by atoms with van der Waals surface area (Å²) in [6.07, 6.45) is -0.0203. The quantitative estimate of drug-likeness (QED) is 0.279. The maximum atomic E-state index is 13.8. The largest absolute Gasteiger partial charge is 0.325 e. The van der Waals surface area contributed by atoms with E-state index < -0.39 is 17.1 Å². The van der Waals surface area contributed by atoms with Gasteiger partial charge in [-0.05, 0) is 59.7 Å². The number of hydrogen-bond donors (Lipinski definition) is 1. The average molecular weight is 544 g/mol. The summed E-state index contributed by atoms with van der Waals surface area (Å²) >= 11 is 7.30. The van der Waals surface area contributed by atoms with E-state index in [1.54, 1.807) is 29.2 Å². The number of amides is 2. The Hall–Kier alpha value is -3.94. The number of anilines is 1. The third kappa shape index (κ3) is 5.96. The highest BCUT2D eigenvalue weighted by atomic mass is 35.5. The lowest BCUT2D eigenvalue weighted by molar-refractivity contribution is -0.130. The normalized spacial score (nSPS) is 16.6. The zero-order valence-corrected chi connectivity index (χ0v) is 21.7. The highest BCUT2D eigenvalue weighted by Gasteiger charge is 2.40. The Morgan fingerprint density at radius 1 is 0.895 bits per heavy atom. The minimum atomic E-state index is -0.720. The Bertz CT molecular complexity index is 1410. The van der Waals surface area contributed by atoms with E-state index >= 15 is 0 Å². The minimum absolute atomic E-state index is 0.0203. The predicted octanol–water partition coefficient (Wildman–Crippen LogP) is 7.23. The molecule has 0 bridgehead atoms. The number of carbonyl (C=O) groups excluding carboxylic acids is 2. The van der Waals surface area contributed by atoms with Crippen molar-refractivity contribution in [2.24, 2.45) is 4.99 Å². The Morgan fingerprint density at radius 2 is 1.47 bits per heavy atom. The van der Waals surface area contributed by atoms with Crippen LogP contribution < -0.4 is 5.32 Å². The molecule has 5 rings (SSSR count). The zero-order valence-electron chi connectivity index (χ0n) is 20.1. The van der Waals surface area contributed by atoms with Crippen LogP contribution in [0.3, 0.4) is 0 Å². The van der Waals surface area contributed by atoms with Crippen molar-refractivity contribution < 1.29 is 14.0 Å². The van der Waals surface area contributed by atoms with Crippen molar-refractivity contribution in [1.82, 2.24) is 4.90 Å². The van der Waals surface area contributed by atoms with Crippen molar-refractivity contribution in [3.8, 4) is 0 Å². The number of nitrogens with zero attached hydrogens (tertiary/aromatic N) is 2. The molecular weight excluding hydrogens is 521 g/mol. The van der Waals surface area contributed by atoms with E-state index in [9.17, 15) is 14.0 Å². The number of benzene rings is 4. The SMILES string of the molecule is O=C(Nc1ccc(F)cc1)[C@H]1CC(=O)N(C(c2ccccc2)c2ccccc2)C(=Nc2ccc(Cl)cc2)S1. The molecule has 4 aromatic carbocycles. The summed E-state index contributed by atoms with van der Waals surface area (Å²) < 4.78 is 13.3. The molecule has 0 radical (unpaired) electrons. The molecule has 1 atom stereocenters. The summed E-state index contributed by atoms with van der Waals surface area (Å²) in [4.78, 5) is 33.5. The van der Waals surface area contributed by atoms with Crippen LogP contribution in [0.1, 0.15) is 23.6 Å². The first-order valence-corrected chi connectivity index (χ1v) is 13.2. The second-order valence-electron chi connectivity index (χ2n) is 8.67. The fourth-order valence-electron chi connectivity index (χ4n) is 4.21. The number of rotatable bonds is 6. The van der Waals surface area contributed by atoms with Gasteiger partial charge in [-0.25, -0.2) is 9.38 Å². The molecule has 1 fully saturated rings. The molecule has 0 aliphatic carbocycles. The molecule has 1 heterocycles. The fraction of sp³-hybridized carbons (Fsp3) is 0.100. The van der Waals surface area contributed by atoms with Crippen molar-refractivity contribution in [3.63, 3.8) is 0 Å². The van der Waals surface area contributed by atoms with Crippen LogP contribution in [0.5, 0.6) is 0 Å². The average Bonchev–Trinajstić information content (AvgIpc) is 2.94. The Kier molecular flexibility index (Phi) is 7.86. The van der Waals surface area contributed by atoms with E-state index in [0.717, 1.165) is 11.1 Å². The van der Waals surface area contributed by atoms with Gasteiger partial charge in [-0.3, -0.25) is 14.5 Å². The van der Waals surface area contributed by atoms with Gasteiger partial charge in [0, 0.05) is 17.1 Å². The smallest absolute Gasteiger partial charge is 0.238 e. The van der Waals surface area contributed by atoms with Crippen molar-refractivity contribution in [3.05, 3.63) is 131 Å². The molecule has 1 saturated heterocycles. The first-order chi connectivity index (χ1) is 18.5. The number of nitrogens with one attached hydrogen (secondary N) is 1. The van der Waals surface area contributed by atoms with Gasteiger partial charge in [0.05, 0.1) is 11.7 Å². The lowest BCUT2D eigenvalue weighted by Crippen LogP contribution is -2.47. The molecule has 0 aromatic heterocycles. The van der Waals surface area contributed by atoms with Gasteiger partial charge in [0.15, 0.2) is 5.17 Å². The Morgan fingerprint density at radius 3 is 2.05 bits per heavy atom. The minimum Gasteiger partial charge on any atom is -0.325 e. The number of halogens is 2. The summed E-state index contributed by atoms with van der Waals surface area (Å²) in [5, 5.41) is 3.04. The molecule has 38 heavy (non-hydrogen) atoms. The Balaban J connectivity index is 1.54.